The second kappa shape index (κ2) is 6.43. The Morgan fingerprint density at radius 1 is 1.20 bits per heavy atom. The van der Waals surface area contributed by atoms with Gasteiger partial charge in [0.15, 0.2) is 11.5 Å². The summed E-state index contributed by atoms with van der Waals surface area (Å²) in [5, 5.41) is 3.41. The van der Waals surface area contributed by atoms with Crippen LogP contribution in [0.1, 0.15) is 17.8 Å². The third-order valence-electron chi connectivity index (χ3n) is 3.23. The minimum atomic E-state index is 0.725. The van der Waals surface area contributed by atoms with E-state index in [-0.39, 0.29) is 0 Å². The molecule has 3 rings (SSSR count). The molecule has 0 radical (unpaired) electrons. The fourth-order valence-corrected chi connectivity index (χ4v) is 2.19. The molecule has 2 N–H and O–H groups in total. The first-order valence-electron chi connectivity index (χ1n) is 6.99. The second-order valence-electron chi connectivity index (χ2n) is 4.79. The number of hydrogen-bond donors (Lipinski definition) is 2. The first kappa shape index (κ1) is 13.0. The zero-order chi connectivity index (χ0) is 13.6. The van der Waals surface area contributed by atoms with E-state index in [1.54, 1.807) is 6.20 Å². The molecule has 0 amide bonds. The monoisotopic (exact) mass is 273 g/mol. The Balaban J connectivity index is 1.51. The summed E-state index contributed by atoms with van der Waals surface area (Å²) in [6.07, 6.45) is 5.46. The summed E-state index contributed by atoms with van der Waals surface area (Å²) < 4.78 is 11.3. The number of nitrogens with one attached hydrogen (secondary N) is 2. The van der Waals surface area contributed by atoms with E-state index in [0.29, 0.717) is 0 Å². The van der Waals surface area contributed by atoms with Gasteiger partial charge in [-0.15, -0.1) is 0 Å². The molecule has 0 saturated heterocycles. The highest BCUT2D eigenvalue weighted by Gasteiger charge is 2.10. The van der Waals surface area contributed by atoms with Crippen LogP contribution in [0.2, 0.25) is 0 Å². The van der Waals surface area contributed by atoms with Gasteiger partial charge < -0.3 is 19.8 Å². The summed E-state index contributed by atoms with van der Waals surface area (Å²) in [5.74, 6) is 2.71. The van der Waals surface area contributed by atoms with E-state index in [1.807, 2.05) is 12.3 Å². The highest BCUT2D eigenvalue weighted by atomic mass is 16.5. The van der Waals surface area contributed by atoms with Gasteiger partial charge in [0.2, 0.25) is 0 Å². The lowest BCUT2D eigenvalue weighted by molar-refractivity contribution is 0.297. The minimum absolute atomic E-state index is 0.725. The van der Waals surface area contributed by atoms with Gasteiger partial charge in [-0.1, -0.05) is 6.07 Å². The number of nitrogens with zero attached hydrogens (tertiary/aromatic N) is 1. The Bertz CT molecular complexity index is 540. The first-order chi connectivity index (χ1) is 9.92. The van der Waals surface area contributed by atoms with Crippen molar-refractivity contribution in [1.29, 1.82) is 0 Å². The van der Waals surface area contributed by atoms with Crippen molar-refractivity contribution >= 4 is 0 Å². The Hall–Kier alpha value is -2.01. The van der Waals surface area contributed by atoms with E-state index < -0.39 is 0 Å². The van der Waals surface area contributed by atoms with Crippen LogP contribution in [0.15, 0.2) is 30.6 Å². The molecule has 2 heterocycles. The van der Waals surface area contributed by atoms with Crippen molar-refractivity contribution in [3.8, 4) is 11.5 Å². The number of hydrogen-bond acceptors (Lipinski definition) is 4. The summed E-state index contributed by atoms with van der Waals surface area (Å²) in [7, 11) is 0. The van der Waals surface area contributed by atoms with E-state index in [0.717, 1.165) is 56.5 Å². The molecule has 1 aromatic carbocycles. The van der Waals surface area contributed by atoms with Crippen LogP contribution in [0.4, 0.5) is 0 Å². The van der Waals surface area contributed by atoms with Gasteiger partial charge >= 0.3 is 0 Å². The molecular weight excluding hydrogens is 254 g/mol. The number of H-pyrrole nitrogens is 1. The summed E-state index contributed by atoms with van der Waals surface area (Å²) in [4.78, 5) is 7.29. The third-order valence-corrected chi connectivity index (χ3v) is 3.23. The van der Waals surface area contributed by atoms with Crippen molar-refractivity contribution in [3.63, 3.8) is 0 Å². The number of imidazole rings is 1. The lowest BCUT2D eigenvalue weighted by atomic mass is 10.2. The molecule has 0 spiro atoms. The topological polar surface area (TPSA) is 59.2 Å². The molecule has 0 saturated carbocycles. The number of fused-ring (bicyclic) bond motifs is 1. The van der Waals surface area contributed by atoms with Crippen molar-refractivity contribution < 1.29 is 9.47 Å². The smallest absolute Gasteiger partial charge is 0.161 e. The predicted molar refractivity (Wildman–Crippen MR) is 76.0 cm³/mol. The normalized spacial score (nSPS) is 14.0. The molecule has 1 aromatic heterocycles. The van der Waals surface area contributed by atoms with Crippen LogP contribution < -0.4 is 14.8 Å². The Labute approximate surface area is 118 Å². The molecule has 0 bridgehead atoms. The quantitative estimate of drug-likeness (QED) is 0.817. The Kier molecular flexibility index (Phi) is 4.18. The maximum atomic E-state index is 5.69. The molecule has 1 aliphatic rings. The van der Waals surface area contributed by atoms with Gasteiger partial charge in [0.05, 0.1) is 13.2 Å². The maximum Gasteiger partial charge on any atom is 0.161 e. The first-order valence-corrected chi connectivity index (χ1v) is 6.99. The molecule has 0 fully saturated rings. The highest BCUT2D eigenvalue weighted by Crippen LogP contribution is 2.30. The van der Waals surface area contributed by atoms with Crippen molar-refractivity contribution in [2.75, 3.05) is 19.8 Å². The summed E-state index contributed by atoms with van der Waals surface area (Å²) in [5.41, 5.74) is 1.20. The van der Waals surface area contributed by atoms with Gasteiger partial charge in [0.1, 0.15) is 5.82 Å². The molecule has 0 aliphatic carbocycles. The van der Waals surface area contributed by atoms with Crippen LogP contribution in [0.5, 0.6) is 11.5 Å². The Morgan fingerprint density at radius 2 is 2.10 bits per heavy atom. The van der Waals surface area contributed by atoms with E-state index >= 15 is 0 Å². The van der Waals surface area contributed by atoms with Gasteiger partial charge in [-0.05, 0) is 17.7 Å². The number of rotatable bonds is 5. The van der Waals surface area contributed by atoms with E-state index in [4.69, 9.17) is 9.47 Å². The van der Waals surface area contributed by atoms with Crippen LogP contribution in [0.25, 0.3) is 0 Å². The van der Waals surface area contributed by atoms with Crippen LogP contribution in [0.3, 0.4) is 0 Å². The van der Waals surface area contributed by atoms with E-state index in [2.05, 4.69) is 27.4 Å². The fourth-order valence-electron chi connectivity index (χ4n) is 2.19. The zero-order valence-corrected chi connectivity index (χ0v) is 11.4. The highest BCUT2D eigenvalue weighted by molar-refractivity contribution is 5.43. The summed E-state index contributed by atoms with van der Waals surface area (Å²) >= 11 is 0. The SMILES string of the molecule is c1c[nH]c(CCNCc2ccc3c(c2)OCCCO3)n1. The van der Waals surface area contributed by atoms with Crippen molar-refractivity contribution in [2.45, 2.75) is 19.4 Å². The molecule has 2 aromatic rings. The molecule has 5 heteroatoms. The zero-order valence-electron chi connectivity index (χ0n) is 11.4. The third kappa shape index (κ3) is 3.30. The second-order valence-corrected chi connectivity index (χ2v) is 4.79. The predicted octanol–water partition coefficient (Wildman–Crippen LogP) is 1.90. The van der Waals surface area contributed by atoms with Crippen LogP contribution in [-0.4, -0.2) is 29.7 Å². The molecule has 1 aliphatic heterocycles. The average molecular weight is 273 g/mol. The molecule has 20 heavy (non-hydrogen) atoms. The van der Waals surface area contributed by atoms with E-state index in [1.165, 1.54) is 5.56 Å². The van der Waals surface area contributed by atoms with Gasteiger partial charge in [-0.2, -0.15) is 0 Å². The molecule has 5 nitrogen and oxygen atoms in total. The summed E-state index contributed by atoms with van der Waals surface area (Å²) in [6.45, 7) is 3.16. The fraction of sp³-hybridized carbons (Fsp3) is 0.400. The van der Waals surface area contributed by atoms with Crippen molar-refractivity contribution in [2.24, 2.45) is 0 Å². The standard InChI is InChI=1S/C15H19N3O2/c1-8-19-13-3-2-12(10-14(13)20-9-1)11-16-5-4-15-17-6-7-18-15/h2-3,6-7,10,16H,1,4-5,8-9,11H2,(H,17,18). The van der Waals surface area contributed by atoms with Crippen LogP contribution in [-0.2, 0) is 13.0 Å². The molecule has 0 unspecified atom stereocenters. The molecule has 0 atom stereocenters. The number of aromatic amines is 1. The van der Waals surface area contributed by atoms with Crippen LogP contribution >= 0.6 is 0 Å². The number of aromatic nitrogens is 2. The Morgan fingerprint density at radius 3 is 2.95 bits per heavy atom. The van der Waals surface area contributed by atoms with Crippen molar-refractivity contribution in [3.05, 3.63) is 42.0 Å². The number of ether oxygens (including phenoxy) is 2. The largest absolute Gasteiger partial charge is 0.490 e. The lowest BCUT2D eigenvalue weighted by Gasteiger charge is -2.10. The van der Waals surface area contributed by atoms with E-state index in [9.17, 15) is 0 Å². The lowest BCUT2D eigenvalue weighted by Crippen LogP contribution is -2.17. The molecule has 106 valence electrons. The molecular formula is C15H19N3O2. The number of benzene rings is 1. The van der Waals surface area contributed by atoms with Gasteiger partial charge in [0.25, 0.3) is 0 Å². The van der Waals surface area contributed by atoms with Gasteiger partial charge in [-0.25, -0.2) is 4.98 Å². The van der Waals surface area contributed by atoms with Gasteiger partial charge in [-0.3, -0.25) is 0 Å². The average Bonchev–Trinajstić information content (AvgIpc) is 2.87. The van der Waals surface area contributed by atoms with Crippen LogP contribution in [0, 0.1) is 0 Å². The van der Waals surface area contributed by atoms with Gasteiger partial charge in [0, 0.05) is 38.3 Å². The minimum Gasteiger partial charge on any atom is -0.490 e. The maximum absolute atomic E-state index is 5.69. The summed E-state index contributed by atoms with van der Waals surface area (Å²) in [6, 6.07) is 6.12. The van der Waals surface area contributed by atoms with Crippen molar-refractivity contribution in [1.82, 2.24) is 15.3 Å².